The molecule has 1 aromatic heterocycles. The second kappa shape index (κ2) is 10.7. The smallest absolute Gasteiger partial charge is 0.369 e. The summed E-state index contributed by atoms with van der Waals surface area (Å²) in [4.78, 5) is 32.3. The van der Waals surface area contributed by atoms with E-state index in [1.165, 1.54) is 18.2 Å². The number of amides is 2. The largest absolute Gasteiger partial charge is 0.430 e. The number of aromatic nitrogens is 1. The van der Waals surface area contributed by atoms with Crippen molar-refractivity contribution in [3.63, 3.8) is 0 Å². The van der Waals surface area contributed by atoms with Gasteiger partial charge in [-0.25, -0.2) is 4.98 Å². The lowest BCUT2D eigenvalue weighted by molar-refractivity contribution is -0.262. The van der Waals surface area contributed by atoms with Crippen molar-refractivity contribution in [2.45, 2.75) is 50.8 Å². The van der Waals surface area contributed by atoms with Gasteiger partial charge >= 0.3 is 6.18 Å². The van der Waals surface area contributed by atoms with E-state index in [9.17, 15) is 27.9 Å². The van der Waals surface area contributed by atoms with Crippen LogP contribution in [0.3, 0.4) is 0 Å². The van der Waals surface area contributed by atoms with Crippen molar-refractivity contribution in [3.8, 4) is 0 Å². The van der Waals surface area contributed by atoms with Crippen LogP contribution in [0.15, 0.2) is 42.5 Å². The topological polar surface area (TPSA) is 99.8 Å². The molecule has 2 aliphatic rings. The number of likely N-dealkylation sites (tertiary alicyclic amines) is 1. The third kappa shape index (κ3) is 5.58. The number of carbonyl (C=O) groups is 2. The van der Waals surface area contributed by atoms with Gasteiger partial charge in [-0.3, -0.25) is 9.59 Å². The Hall–Kier alpha value is -3.14. The average Bonchev–Trinajstić information content (AvgIpc) is 2.88. The minimum Gasteiger partial charge on any atom is -0.369 e. The summed E-state index contributed by atoms with van der Waals surface area (Å²) in [5, 5.41) is 10.6. The number of hydrogen-bond acceptors (Lipinski definition) is 5. The maximum absolute atomic E-state index is 13.9. The predicted octanol–water partition coefficient (Wildman–Crippen LogP) is 3.78. The number of halogens is 3. The van der Waals surface area contributed by atoms with Gasteiger partial charge in [-0.2, -0.15) is 13.2 Å². The van der Waals surface area contributed by atoms with Crippen molar-refractivity contribution in [2.24, 2.45) is 17.6 Å². The number of benzene rings is 1. The number of nitrogens with zero attached hydrogens (tertiary/aromatic N) is 3. The number of aliphatic hydroxyl groups is 1. The third-order valence-electron chi connectivity index (χ3n) is 7.75. The normalized spacial score (nSPS) is 19.5. The van der Waals surface area contributed by atoms with Crippen molar-refractivity contribution < 1.29 is 27.9 Å². The highest BCUT2D eigenvalue weighted by Crippen LogP contribution is 2.41. The quantitative estimate of drug-likeness (QED) is 0.606. The van der Waals surface area contributed by atoms with Crippen LogP contribution in [-0.4, -0.2) is 59.2 Å². The summed E-state index contributed by atoms with van der Waals surface area (Å²) >= 11 is 0. The third-order valence-corrected chi connectivity index (χ3v) is 7.75. The van der Waals surface area contributed by atoms with E-state index < -0.39 is 29.2 Å². The fraction of sp³-hybridized carbons (Fsp3) is 0.519. The highest BCUT2D eigenvalue weighted by molar-refractivity contribution is 5.94. The fourth-order valence-electron chi connectivity index (χ4n) is 5.54. The monoisotopic (exact) mass is 518 g/mol. The molecule has 2 fully saturated rings. The fourth-order valence-corrected chi connectivity index (χ4v) is 5.54. The Morgan fingerprint density at radius 3 is 2.05 bits per heavy atom. The van der Waals surface area contributed by atoms with Gasteiger partial charge in [0.1, 0.15) is 5.82 Å². The van der Waals surface area contributed by atoms with Gasteiger partial charge in [-0.05, 0) is 63.0 Å². The number of aryl methyl sites for hydroxylation is 1. The van der Waals surface area contributed by atoms with E-state index in [1.807, 2.05) is 6.07 Å². The first-order valence-electron chi connectivity index (χ1n) is 12.7. The second-order valence-corrected chi connectivity index (χ2v) is 10.1. The summed E-state index contributed by atoms with van der Waals surface area (Å²) in [5.74, 6) is -0.157. The number of hydrogen-bond donors (Lipinski definition) is 2. The van der Waals surface area contributed by atoms with E-state index >= 15 is 0 Å². The summed E-state index contributed by atoms with van der Waals surface area (Å²) < 4.78 is 41.7. The van der Waals surface area contributed by atoms with Crippen molar-refractivity contribution in [1.82, 2.24) is 9.88 Å². The summed E-state index contributed by atoms with van der Waals surface area (Å²) in [6, 6.07) is 10.1. The maximum atomic E-state index is 13.9. The summed E-state index contributed by atoms with van der Waals surface area (Å²) in [6.45, 7) is 3.83. The van der Waals surface area contributed by atoms with Crippen LogP contribution in [0, 0.1) is 18.8 Å². The second-order valence-electron chi connectivity index (χ2n) is 10.1. The first kappa shape index (κ1) is 26.9. The molecule has 2 aliphatic heterocycles. The molecule has 0 saturated carbocycles. The Morgan fingerprint density at radius 1 is 0.973 bits per heavy atom. The Labute approximate surface area is 214 Å². The van der Waals surface area contributed by atoms with E-state index in [2.05, 4.69) is 9.88 Å². The molecule has 0 aliphatic carbocycles. The molecule has 0 unspecified atom stereocenters. The molecule has 1 atom stereocenters. The van der Waals surface area contributed by atoms with Crippen molar-refractivity contribution in [3.05, 3.63) is 59.3 Å². The summed E-state index contributed by atoms with van der Waals surface area (Å²) in [6.07, 6.45) is -0.985. The zero-order chi connectivity index (χ0) is 26.8. The Morgan fingerprint density at radius 2 is 1.54 bits per heavy atom. The molecule has 2 saturated heterocycles. The number of pyridine rings is 1. The predicted molar refractivity (Wildman–Crippen MR) is 133 cm³/mol. The number of anilines is 1. The Balaban J connectivity index is 1.30. The van der Waals surface area contributed by atoms with E-state index in [4.69, 9.17) is 5.73 Å². The molecule has 2 aromatic rings. The van der Waals surface area contributed by atoms with Crippen LogP contribution in [0.5, 0.6) is 0 Å². The number of nitrogens with two attached hydrogens (primary N) is 1. The van der Waals surface area contributed by atoms with E-state index in [0.29, 0.717) is 35.9 Å². The van der Waals surface area contributed by atoms with Crippen molar-refractivity contribution in [2.75, 3.05) is 31.1 Å². The number of carbonyl (C=O) groups excluding carboxylic acids is 2. The molecule has 0 bridgehead atoms. The maximum Gasteiger partial charge on any atom is 0.430 e. The zero-order valence-corrected chi connectivity index (χ0v) is 20.9. The Bertz CT molecular complexity index is 1110. The van der Waals surface area contributed by atoms with Crippen LogP contribution < -0.4 is 10.6 Å². The summed E-state index contributed by atoms with van der Waals surface area (Å²) in [5.41, 5.74) is 2.38. The number of alkyl halides is 3. The van der Waals surface area contributed by atoms with Gasteiger partial charge in [0.2, 0.25) is 0 Å². The molecule has 0 spiro atoms. The molecule has 3 heterocycles. The Kier molecular flexibility index (Phi) is 7.77. The van der Waals surface area contributed by atoms with Crippen LogP contribution in [0.1, 0.15) is 53.7 Å². The van der Waals surface area contributed by atoms with Gasteiger partial charge in [-0.15, -0.1) is 0 Å². The van der Waals surface area contributed by atoms with E-state index in [-0.39, 0.29) is 13.1 Å². The molecule has 37 heavy (non-hydrogen) atoms. The molecule has 200 valence electrons. The number of piperidine rings is 2. The minimum atomic E-state index is -5.12. The van der Waals surface area contributed by atoms with Gasteiger partial charge in [0, 0.05) is 31.7 Å². The van der Waals surface area contributed by atoms with Crippen molar-refractivity contribution in [1.29, 1.82) is 0 Å². The minimum absolute atomic E-state index is 0.197. The molecule has 10 heteroatoms. The first-order chi connectivity index (χ1) is 17.5. The number of rotatable bonds is 6. The lowest BCUT2D eigenvalue weighted by Crippen LogP contribution is -2.57. The van der Waals surface area contributed by atoms with Crippen LogP contribution in [0.4, 0.5) is 19.0 Å². The molecule has 3 N–H and O–H groups in total. The van der Waals surface area contributed by atoms with Gasteiger partial charge in [0.25, 0.3) is 17.4 Å². The molecule has 7 nitrogen and oxygen atoms in total. The number of primary amides is 1. The van der Waals surface area contributed by atoms with Gasteiger partial charge in [-0.1, -0.05) is 30.3 Å². The van der Waals surface area contributed by atoms with Gasteiger partial charge in [0.15, 0.2) is 0 Å². The van der Waals surface area contributed by atoms with Gasteiger partial charge in [0.05, 0.1) is 11.3 Å². The lowest BCUT2D eigenvalue weighted by atomic mass is 9.82. The molecular formula is C27H33F3N4O3. The molecule has 1 aromatic carbocycles. The molecular weight excluding hydrogens is 485 g/mol. The highest BCUT2D eigenvalue weighted by Gasteiger charge is 2.62. The van der Waals surface area contributed by atoms with Crippen LogP contribution in [0.25, 0.3) is 0 Å². The van der Waals surface area contributed by atoms with E-state index in [1.54, 1.807) is 13.0 Å². The standard InChI is InChI=1S/C27H33F3N4O3/c1-18-22(24(31)35)7-8-23(32-18)33-13-9-19(10-14-33)17-20-11-15-34(16-12-20)25(36)26(37,27(28,29)30)21-5-3-2-4-6-21/h2-8,19-20,37H,9-17H2,1H3,(H2,31,35)/t26-/m1/s1. The average molecular weight is 519 g/mol. The van der Waals surface area contributed by atoms with Crippen molar-refractivity contribution >= 4 is 17.6 Å². The van der Waals surface area contributed by atoms with Crippen LogP contribution in [0.2, 0.25) is 0 Å². The molecule has 0 radical (unpaired) electrons. The lowest BCUT2D eigenvalue weighted by Gasteiger charge is -2.40. The van der Waals surface area contributed by atoms with Crippen LogP contribution >= 0.6 is 0 Å². The SMILES string of the molecule is Cc1nc(N2CCC(CC3CCN(C(=O)[C@](O)(c4ccccc4)C(F)(F)F)CC3)CC2)ccc1C(N)=O. The van der Waals surface area contributed by atoms with E-state index in [0.717, 1.165) is 55.2 Å². The molecule has 4 rings (SSSR count). The first-order valence-corrected chi connectivity index (χ1v) is 12.7. The van der Waals surface area contributed by atoms with Crippen LogP contribution in [-0.2, 0) is 10.4 Å². The molecule has 2 amide bonds. The zero-order valence-electron chi connectivity index (χ0n) is 20.9. The van der Waals surface area contributed by atoms with Gasteiger partial charge < -0.3 is 20.6 Å². The highest BCUT2D eigenvalue weighted by atomic mass is 19.4. The summed E-state index contributed by atoms with van der Waals surface area (Å²) in [7, 11) is 0.